The van der Waals surface area contributed by atoms with Crippen molar-refractivity contribution in [3.8, 4) is 0 Å². The molecule has 1 fully saturated rings. The van der Waals surface area contributed by atoms with Gasteiger partial charge in [0.15, 0.2) is 0 Å². The second-order valence-electron chi connectivity index (χ2n) is 6.30. The molecule has 0 spiro atoms. The molecule has 1 amide bonds. The van der Waals surface area contributed by atoms with Crippen LogP contribution in [-0.4, -0.2) is 41.5 Å². The van der Waals surface area contributed by atoms with Gasteiger partial charge in [-0.1, -0.05) is 28.8 Å². The van der Waals surface area contributed by atoms with Crippen LogP contribution in [0.4, 0.5) is 5.69 Å². The summed E-state index contributed by atoms with van der Waals surface area (Å²) in [5, 5.41) is 6.63. The smallest absolute Gasteiger partial charge is 0.263 e. The summed E-state index contributed by atoms with van der Waals surface area (Å²) in [5.41, 5.74) is 0.639. The number of nitrogens with zero attached hydrogens (tertiary/aromatic N) is 3. The first-order chi connectivity index (χ1) is 12.4. The van der Waals surface area contributed by atoms with Gasteiger partial charge in [-0.05, 0) is 37.1 Å². The molecule has 2 aromatic rings. The number of rotatable bonds is 4. The Morgan fingerprint density at radius 3 is 2.35 bits per heavy atom. The Balaban J connectivity index is 1.89. The van der Waals surface area contributed by atoms with Crippen LogP contribution in [0.1, 0.15) is 36.0 Å². The van der Waals surface area contributed by atoms with Crippen LogP contribution in [0.25, 0.3) is 0 Å². The summed E-state index contributed by atoms with van der Waals surface area (Å²) >= 11 is 3.34. The quantitative estimate of drug-likeness (QED) is 0.791. The van der Waals surface area contributed by atoms with Crippen LogP contribution < -0.4 is 5.32 Å². The zero-order chi connectivity index (χ0) is 18.7. The van der Waals surface area contributed by atoms with Crippen molar-refractivity contribution in [1.82, 2.24) is 14.1 Å². The summed E-state index contributed by atoms with van der Waals surface area (Å²) in [5.74, 6) is -0.492. The monoisotopic (exact) mass is 440 g/mol. The fourth-order valence-electron chi connectivity index (χ4n) is 2.95. The third-order valence-corrected chi connectivity index (χ3v) is 6.65. The highest BCUT2D eigenvalue weighted by Crippen LogP contribution is 2.23. The summed E-state index contributed by atoms with van der Waals surface area (Å²) in [6, 6.07) is 7.07. The van der Waals surface area contributed by atoms with Gasteiger partial charge in [-0.3, -0.25) is 9.48 Å². The molecule has 0 unspecified atom stereocenters. The third kappa shape index (κ3) is 4.16. The first-order valence-corrected chi connectivity index (χ1v) is 10.7. The van der Waals surface area contributed by atoms with Crippen LogP contribution in [0, 0.1) is 0 Å². The van der Waals surface area contributed by atoms with Crippen molar-refractivity contribution in [2.75, 3.05) is 18.4 Å². The minimum Gasteiger partial charge on any atom is -0.322 e. The number of amides is 1. The lowest BCUT2D eigenvalue weighted by atomic mass is 10.2. The number of aromatic nitrogens is 2. The minimum absolute atomic E-state index is 0.0552. The predicted molar refractivity (Wildman–Crippen MR) is 103 cm³/mol. The van der Waals surface area contributed by atoms with E-state index in [0.29, 0.717) is 18.8 Å². The fraction of sp³-hybridized carbons (Fsp3) is 0.412. The molecular formula is C17H21BrN4O3S. The highest BCUT2D eigenvalue weighted by Gasteiger charge is 2.32. The molecular weight excluding hydrogens is 420 g/mol. The van der Waals surface area contributed by atoms with Crippen molar-refractivity contribution < 1.29 is 13.2 Å². The Morgan fingerprint density at radius 2 is 1.73 bits per heavy atom. The van der Waals surface area contributed by atoms with Crippen LogP contribution in [0.2, 0.25) is 0 Å². The van der Waals surface area contributed by atoms with Gasteiger partial charge in [0.25, 0.3) is 15.9 Å². The summed E-state index contributed by atoms with van der Waals surface area (Å²) < 4.78 is 29.8. The average molecular weight is 441 g/mol. The number of anilines is 1. The maximum atomic E-state index is 13.0. The lowest BCUT2D eigenvalue weighted by Gasteiger charge is -2.19. The third-order valence-electron chi connectivity index (χ3n) is 4.29. The van der Waals surface area contributed by atoms with Gasteiger partial charge < -0.3 is 5.32 Å². The van der Waals surface area contributed by atoms with Crippen LogP contribution >= 0.6 is 15.9 Å². The van der Waals surface area contributed by atoms with Crippen LogP contribution in [-0.2, 0) is 17.1 Å². The van der Waals surface area contributed by atoms with Crippen molar-refractivity contribution >= 4 is 37.5 Å². The van der Waals surface area contributed by atoms with Crippen LogP contribution in [0.3, 0.4) is 0 Å². The number of hydrogen-bond donors (Lipinski definition) is 1. The van der Waals surface area contributed by atoms with E-state index in [9.17, 15) is 13.2 Å². The molecule has 1 aliphatic heterocycles. The normalized spacial score (nSPS) is 16.2. The van der Waals surface area contributed by atoms with Gasteiger partial charge in [0.1, 0.15) is 0 Å². The number of hydrogen-bond acceptors (Lipinski definition) is 4. The molecule has 3 rings (SSSR count). The molecule has 1 aromatic heterocycles. The van der Waals surface area contributed by atoms with Crippen LogP contribution in [0.5, 0.6) is 0 Å². The predicted octanol–water partition coefficient (Wildman–Crippen LogP) is 3.00. The van der Waals surface area contributed by atoms with E-state index >= 15 is 0 Å². The van der Waals surface area contributed by atoms with E-state index in [1.807, 2.05) is 0 Å². The van der Waals surface area contributed by atoms with Gasteiger partial charge in [0.2, 0.25) is 5.03 Å². The molecule has 140 valence electrons. The van der Waals surface area contributed by atoms with Crippen molar-refractivity contribution in [3.63, 3.8) is 0 Å². The number of nitrogens with one attached hydrogen (secondary N) is 1. The molecule has 7 nitrogen and oxygen atoms in total. The van der Waals surface area contributed by atoms with Gasteiger partial charge in [0, 0.05) is 36.5 Å². The number of sulfonamides is 1. The number of halogens is 1. The summed E-state index contributed by atoms with van der Waals surface area (Å²) in [4.78, 5) is 12.7. The topological polar surface area (TPSA) is 84.3 Å². The summed E-state index contributed by atoms with van der Waals surface area (Å²) in [6.45, 7) is 0.930. The van der Waals surface area contributed by atoms with Crippen molar-refractivity contribution in [1.29, 1.82) is 0 Å². The highest BCUT2D eigenvalue weighted by atomic mass is 79.9. The second kappa shape index (κ2) is 7.89. The van der Waals surface area contributed by atoms with E-state index in [1.165, 1.54) is 15.2 Å². The van der Waals surface area contributed by atoms with Gasteiger partial charge in [0.05, 0.1) is 5.56 Å². The summed E-state index contributed by atoms with van der Waals surface area (Å²) in [7, 11) is -2.20. The largest absolute Gasteiger partial charge is 0.322 e. The lowest BCUT2D eigenvalue weighted by molar-refractivity contribution is 0.102. The highest BCUT2D eigenvalue weighted by molar-refractivity contribution is 9.10. The Morgan fingerprint density at radius 1 is 1.12 bits per heavy atom. The van der Waals surface area contributed by atoms with Gasteiger partial charge in [-0.25, -0.2) is 8.42 Å². The first-order valence-electron chi connectivity index (χ1n) is 8.48. The van der Waals surface area contributed by atoms with E-state index in [4.69, 9.17) is 0 Å². The SMILES string of the molecule is Cn1cc(C(=O)Nc2ccc(Br)cc2)c(S(=O)(=O)N2CCCCCC2)n1. The van der Waals surface area contributed by atoms with E-state index < -0.39 is 15.9 Å². The maximum absolute atomic E-state index is 13.0. The minimum atomic E-state index is -3.81. The molecule has 0 atom stereocenters. The van der Waals surface area contributed by atoms with E-state index in [0.717, 1.165) is 30.2 Å². The molecule has 1 N–H and O–H groups in total. The van der Waals surface area contributed by atoms with Gasteiger partial charge >= 0.3 is 0 Å². The number of aryl methyl sites for hydroxylation is 1. The van der Waals surface area contributed by atoms with E-state index in [2.05, 4.69) is 26.3 Å². The molecule has 0 bridgehead atoms. The molecule has 9 heteroatoms. The van der Waals surface area contributed by atoms with Gasteiger partial charge in [-0.15, -0.1) is 0 Å². The number of carbonyl (C=O) groups is 1. The Hall–Kier alpha value is -1.71. The molecule has 0 aliphatic carbocycles. The second-order valence-corrected chi connectivity index (χ2v) is 9.07. The van der Waals surface area contributed by atoms with Crippen molar-refractivity contribution in [2.45, 2.75) is 30.7 Å². The molecule has 2 heterocycles. The van der Waals surface area contributed by atoms with Crippen molar-refractivity contribution in [2.24, 2.45) is 7.05 Å². The summed E-state index contributed by atoms with van der Waals surface area (Å²) in [6.07, 6.45) is 5.13. The van der Waals surface area contributed by atoms with Crippen LogP contribution in [0.15, 0.2) is 40.0 Å². The molecule has 1 aromatic carbocycles. The molecule has 1 aliphatic rings. The number of benzene rings is 1. The Kier molecular flexibility index (Phi) is 5.79. The Bertz CT molecular complexity index is 885. The lowest BCUT2D eigenvalue weighted by Crippen LogP contribution is -2.33. The fourth-order valence-corrected chi connectivity index (χ4v) is 4.85. The number of carbonyl (C=O) groups excluding carboxylic acids is 1. The zero-order valence-electron chi connectivity index (χ0n) is 14.5. The molecule has 1 saturated heterocycles. The first kappa shape index (κ1) is 19.1. The maximum Gasteiger partial charge on any atom is 0.263 e. The molecule has 26 heavy (non-hydrogen) atoms. The van der Waals surface area contributed by atoms with Gasteiger partial charge in [-0.2, -0.15) is 9.40 Å². The standard InChI is InChI=1S/C17H21BrN4O3S/c1-21-12-15(16(23)19-14-8-6-13(18)7-9-14)17(20-21)26(24,25)22-10-4-2-3-5-11-22/h6-9,12H,2-5,10-11H2,1H3,(H,19,23). The molecule has 0 radical (unpaired) electrons. The molecule has 0 saturated carbocycles. The Labute approximate surface area is 161 Å². The average Bonchev–Trinajstić information content (AvgIpc) is 2.82. The zero-order valence-corrected chi connectivity index (χ0v) is 16.9. The van der Waals surface area contributed by atoms with E-state index in [1.54, 1.807) is 31.3 Å². The van der Waals surface area contributed by atoms with Crippen molar-refractivity contribution in [3.05, 3.63) is 40.5 Å². The van der Waals surface area contributed by atoms with E-state index in [-0.39, 0.29) is 10.6 Å².